The highest BCUT2D eigenvalue weighted by molar-refractivity contribution is 9.10. The first kappa shape index (κ1) is 19.2. The summed E-state index contributed by atoms with van der Waals surface area (Å²) >= 11 is 3.35. The van der Waals surface area contributed by atoms with E-state index in [2.05, 4.69) is 21.1 Å². The van der Waals surface area contributed by atoms with E-state index in [9.17, 15) is 19.7 Å². The predicted octanol–water partition coefficient (Wildman–Crippen LogP) is 4.51. The standard InChI is InChI=1S/C21H12BrN3O6/c1-10-8-16(23-31-10)24-18(11-2-5-13(6-3-11)25(28)29)17-19(26)14-9-12(22)4-7-15(14)30-20(17)21(24)27/h2-9,18H,1H3/t18-/m1/s1. The second-order valence-corrected chi connectivity index (χ2v) is 7.95. The molecule has 4 aromatic rings. The van der Waals surface area contributed by atoms with Crippen LogP contribution in [0.3, 0.4) is 0 Å². The third-order valence-electron chi connectivity index (χ3n) is 5.11. The number of hydrogen-bond donors (Lipinski definition) is 0. The molecule has 31 heavy (non-hydrogen) atoms. The number of nitro benzene ring substituents is 1. The van der Waals surface area contributed by atoms with Crippen molar-refractivity contribution in [2.45, 2.75) is 13.0 Å². The maximum atomic E-state index is 13.4. The molecule has 0 saturated heterocycles. The molecule has 1 aliphatic heterocycles. The van der Waals surface area contributed by atoms with Gasteiger partial charge in [-0.15, -0.1) is 0 Å². The van der Waals surface area contributed by atoms with Crippen LogP contribution in [-0.2, 0) is 0 Å². The van der Waals surface area contributed by atoms with Crippen LogP contribution in [0.4, 0.5) is 11.5 Å². The summed E-state index contributed by atoms with van der Waals surface area (Å²) in [5.74, 6) is 0.0499. The summed E-state index contributed by atoms with van der Waals surface area (Å²) in [6.45, 7) is 1.68. The molecule has 0 spiro atoms. The Morgan fingerprint density at radius 3 is 2.52 bits per heavy atom. The van der Waals surface area contributed by atoms with Crippen LogP contribution in [0.25, 0.3) is 11.0 Å². The first-order valence-corrected chi connectivity index (χ1v) is 9.92. The lowest BCUT2D eigenvalue weighted by molar-refractivity contribution is -0.384. The number of aromatic nitrogens is 1. The van der Waals surface area contributed by atoms with Crippen molar-refractivity contribution in [2.24, 2.45) is 0 Å². The van der Waals surface area contributed by atoms with Gasteiger partial charge in [-0.2, -0.15) is 0 Å². The highest BCUT2D eigenvalue weighted by atomic mass is 79.9. The molecule has 1 atom stereocenters. The number of non-ortho nitro benzene ring substituents is 1. The number of nitro groups is 1. The van der Waals surface area contributed by atoms with Crippen molar-refractivity contribution in [3.63, 3.8) is 0 Å². The molecule has 154 valence electrons. The minimum atomic E-state index is -0.882. The lowest BCUT2D eigenvalue weighted by atomic mass is 9.98. The molecule has 0 fully saturated rings. The largest absolute Gasteiger partial charge is 0.450 e. The fourth-order valence-corrected chi connectivity index (χ4v) is 4.10. The van der Waals surface area contributed by atoms with E-state index in [1.165, 1.54) is 29.2 Å². The molecule has 0 unspecified atom stereocenters. The Labute approximate surface area is 182 Å². The number of hydrogen-bond acceptors (Lipinski definition) is 7. The van der Waals surface area contributed by atoms with Gasteiger partial charge in [0.1, 0.15) is 11.3 Å². The van der Waals surface area contributed by atoms with E-state index in [4.69, 9.17) is 8.94 Å². The molecule has 10 heteroatoms. The number of carbonyl (C=O) groups excluding carboxylic acids is 1. The number of benzene rings is 2. The SMILES string of the molecule is Cc1cc(N2C(=O)c3oc4ccc(Br)cc4c(=O)c3[C@H]2c2ccc([N+](=O)[O-])cc2)no1. The molecule has 2 aromatic heterocycles. The molecule has 3 heterocycles. The summed E-state index contributed by atoms with van der Waals surface area (Å²) in [5, 5.41) is 15.3. The van der Waals surface area contributed by atoms with Gasteiger partial charge in [0.2, 0.25) is 5.76 Å². The van der Waals surface area contributed by atoms with Crippen molar-refractivity contribution in [3.05, 3.63) is 96.0 Å². The third kappa shape index (κ3) is 2.95. The average Bonchev–Trinajstić information content (AvgIpc) is 3.30. The highest BCUT2D eigenvalue weighted by Crippen LogP contribution is 2.41. The lowest BCUT2D eigenvalue weighted by Gasteiger charge is -2.22. The summed E-state index contributed by atoms with van der Waals surface area (Å²) in [6, 6.07) is 11.3. The van der Waals surface area contributed by atoms with Gasteiger partial charge in [0.25, 0.3) is 11.6 Å². The smallest absolute Gasteiger partial charge is 0.296 e. The van der Waals surface area contributed by atoms with E-state index in [0.29, 0.717) is 21.2 Å². The molecule has 0 saturated carbocycles. The monoisotopic (exact) mass is 481 g/mol. The van der Waals surface area contributed by atoms with Crippen LogP contribution in [0.2, 0.25) is 0 Å². The highest BCUT2D eigenvalue weighted by Gasteiger charge is 2.45. The van der Waals surface area contributed by atoms with Gasteiger partial charge in [-0.1, -0.05) is 21.1 Å². The number of amides is 1. The van der Waals surface area contributed by atoms with Crippen molar-refractivity contribution in [1.82, 2.24) is 5.16 Å². The van der Waals surface area contributed by atoms with Crippen molar-refractivity contribution < 1.29 is 18.7 Å². The predicted molar refractivity (Wildman–Crippen MR) is 113 cm³/mol. The summed E-state index contributed by atoms with van der Waals surface area (Å²) in [4.78, 5) is 38.6. The van der Waals surface area contributed by atoms with E-state index in [-0.39, 0.29) is 33.8 Å². The lowest BCUT2D eigenvalue weighted by Crippen LogP contribution is -2.29. The van der Waals surface area contributed by atoms with E-state index in [0.717, 1.165) is 0 Å². The number of carbonyl (C=O) groups is 1. The minimum absolute atomic E-state index is 0.0937. The molecular weight excluding hydrogens is 470 g/mol. The molecular formula is C21H12BrN3O6. The number of fused-ring (bicyclic) bond motifs is 2. The maximum absolute atomic E-state index is 13.4. The van der Waals surface area contributed by atoms with Gasteiger partial charge in [0.05, 0.1) is 21.9 Å². The number of halogens is 1. The Balaban J connectivity index is 1.79. The fraction of sp³-hybridized carbons (Fsp3) is 0.0952. The van der Waals surface area contributed by atoms with E-state index in [1.807, 2.05) is 0 Å². The topological polar surface area (TPSA) is 120 Å². The van der Waals surface area contributed by atoms with Crippen molar-refractivity contribution in [3.8, 4) is 0 Å². The molecule has 9 nitrogen and oxygen atoms in total. The van der Waals surface area contributed by atoms with Crippen LogP contribution in [0.15, 0.2) is 66.7 Å². The average molecular weight is 482 g/mol. The molecule has 0 bridgehead atoms. The van der Waals surface area contributed by atoms with Gasteiger partial charge in [0, 0.05) is 22.7 Å². The molecule has 0 N–H and O–H groups in total. The molecule has 0 aliphatic carbocycles. The normalized spacial score (nSPS) is 15.5. The van der Waals surface area contributed by atoms with Gasteiger partial charge in [-0.05, 0) is 42.8 Å². The Morgan fingerprint density at radius 1 is 1.13 bits per heavy atom. The Kier molecular flexibility index (Phi) is 4.26. The van der Waals surface area contributed by atoms with Crippen LogP contribution in [0.5, 0.6) is 0 Å². The van der Waals surface area contributed by atoms with Crippen LogP contribution in [0.1, 0.15) is 33.5 Å². The van der Waals surface area contributed by atoms with Crippen molar-refractivity contribution in [2.75, 3.05) is 4.90 Å². The number of rotatable bonds is 3. The van der Waals surface area contributed by atoms with Gasteiger partial charge >= 0.3 is 0 Å². The summed E-state index contributed by atoms with van der Waals surface area (Å²) < 4.78 is 11.7. The number of aryl methyl sites for hydroxylation is 1. The van der Waals surface area contributed by atoms with E-state index in [1.54, 1.807) is 31.2 Å². The Morgan fingerprint density at radius 2 is 1.87 bits per heavy atom. The summed E-state index contributed by atoms with van der Waals surface area (Å²) in [7, 11) is 0. The van der Waals surface area contributed by atoms with Crippen molar-refractivity contribution in [1.29, 1.82) is 0 Å². The number of nitrogens with zero attached hydrogens (tertiary/aromatic N) is 3. The Bertz CT molecular complexity index is 1440. The first-order chi connectivity index (χ1) is 14.8. The molecule has 0 radical (unpaired) electrons. The molecule has 1 aliphatic rings. The van der Waals surface area contributed by atoms with Crippen molar-refractivity contribution >= 4 is 44.3 Å². The van der Waals surface area contributed by atoms with Gasteiger partial charge in [-0.3, -0.25) is 24.6 Å². The Hall–Kier alpha value is -3.79. The van der Waals surface area contributed by atoms with Crippen LogP contribution < -0.4 is 10.3 Å². The number of anilines is 1. The zero-order chi connectivity index (χ0) is 21.9. The zero-order valence-corrected chi connectivity index (χ0v) is 17.5. The van der Waals surface area contributed by atoms with Gasteiger partial charge < -0.3 is 8.94 Å². The van der Waals surface area contributed by atoms with Gasteiger partial charge in [0.15, 0.2) is 11.2 Å². The minimum Gasteiger partial charge on any atom is -0.450 e. The third-order valence-corrected chi connectivity index (χ3v) is 5.61. The fourth-order valence-electron chi connectivity index (χ4n) is 3.74. The van der Waals surface area contributed by atoms with Gasteiger partial charge in [-0.25, -0.2) is 0 Å². The quantitative estimate of drug-likeness (QED) is 0.311. The van der Waals surface area contributed by atoms with Crippen LogP contribution >= 0.6 is 15.9 Å². The zero-order valence-electron chi connectivity index (χ0n) is 15.9. The molecule has 2 aromatic carbocycles. The van der Waals surface area contributed by atoms with E-state index < -0.39 is 16.9 Å². The molecule has 1 amide bonds. The van der Waals surface area contributed by atoms with Crippen LogP contribution in [0, 0.1) is 17.0 Å². The molecule has 5 rings (SSSR count). The maximum Gasteiger partial charge on any atom is 0.296 e. The second kappa shape index (κ2) is 6.88. The summed E-state index contributed by atoms with van der Waals surface area (Å²) in [6.07, 6.45) is 0. The van der Waals surface area contributed by atoms with Crippen LogP contribution in [-0.4, -0.2) is 16.0 Å². The summed E-state index contributed by atoms with van der Waals surface area (Å²) in [5.41, 5.74) is 0.453. The van der Waals surface area contributed by atoms with E-state index >= 15 is 0 Å². The first-order valence-electron chi connectivity index (χ1n) is 9.12. The second-order valence-electron chi connectivity index (χ2n) is 7.04.